The maximum Gasteiger partial charge on any atom is 0.0234 e. The van der Waals surface area contributed by atoms with Crippen molar-refractivity contribution in [3.05, 3.63) is 6.54 Å². The Balaban J connectivity index is 2.17. The molecule has 0 unspecified atom stereocenters. The quantitative estimate of drug-likeness (QED) is 0.478. The topological polar surface area (TPSA) is 15.3 Å². The molecule has 2 nitrogen and oxygen atoms in total. The predicted octanol–water partition coefficient (Wildman–Crippen LogP) is 0.0733. The van der Waals surface area contributed by atoms with E-state index in [4.69, 9.17) is 0 Å². The largest absolute Gasteiger partial charge is 0.311 e. The Morgan fingerprint density at radius 3 is 3.25 bits per heavy atom. The van der Waals surface area contributed by atoms with E-state index >= 15 is 0 Å². The Morgan fingerprint density at radius 2 is 2.38 bits per heavy atom. The van der Waals surface area contributed by atoms with E-state index < -0.39 is 0 Å². The third kappa shape index (κ3) is 1.80. The van der Waals surface area contributed by atoms with Crippen molar-refractivity contribution in [1.29, 1.82) is 0 Å². The first-order chi connectivity index (χ1) is 3.89. The van der Waals surface area contributed by atoms with Gasteiger partial charge in [-0.25, -0.2) is 0 Å². The van der Waals surface area contributed by atoms with Gasteiger partial charge in [-0.15, -0.1) is 0 Å². The highest BCUT2D eigenvalue weighted by Crippen LogP contribution is 1.92. The van der Waals surface area contributed by atoms with Gasteiger partial charge < -0.3 is 10.2 Å². The van der Waals surface area contributed by atoms with Crippen molar-refractivity contribution >= 4 is 0 Å². The highest BCUT2D eigenvalue weighted by atomic mass is 15.1. The zero-order chi connectivity index (χ0) is 5.82. The number of nitrogens with one attached hydrogen (secondary N) is 1. The molecule has 1 N–H and O–H groups in total. The summed E-state index contributed by atoms with van der Waals surface area (Å²) in [6.45, 7) is 5.63. The van der Waals surface area contributed by atoms with Crippen LogP contribution in [0.25, 0.3) is 0 Å². The van der Waals surface area contributed by atoms with Crippen molar-refractivity contribution < 1.29 is 0 Å². The molecule has 47 valence electrons. The van der Waals surface area contributed by atoms with Crippen molar-refractivity contribution in [1.82, 2.24) is 10.2 Å². The van der Waals surface area contributed by atoms with Gasteiger partial charge in [0.25, 0.3) is 0 Å². The van der Waals surface area contributed by atoms with Gasteiger partial charge in [0.05, 0.1) is 0 Å². The third-order valence-electron chi connectivity index (χ3n) is 1.44. The monoisotopic (exact) mass is 113 g/mol. The minimum absolute atomic E-state index is 1.11. The van der Waals surface area contributed by atoms with Gasteiger partial charge in [0.2, 0.25) is 0 Å². The van der Waals surface area contributed by atoms with Crippen LogP contribution in [-0.4, -0.2) is 31.6 Å². The fourth-order valence-corrected chi connectivity index (χ4v) is 0.856. The minimum atomic E-state index is 1.11. The fraction of sp³-hybridized carbons (Fsp3) is 0.833. The van der Waals surface area contributed by atoms with Gasteiger partial charge in [-0.05, 0) is 20.0 Å². The van der Waals surface area contributed by atoms with E-state index in [1.807, 2.05) is 0 Å². The second-order valence-electron chi connectivity index (χ2n) is 2.25. The lowest BCUT2D eigenvalue weighted by atomic mass is 10.4. The Morgan fingerprint density at radius 1 is 1.50 bits per heavy atom. The lowest BCUT2D eigenvalue weighted by Crippen LogP contribution is -2.23. The molecule has 8 heavy (non-hydrogen) atoms. The highest BCUT2D eigenvalue weighted by Gasteiger charge is 2.00. The number of nitrogens with zero attached hydrogens (tertiary/aromatic N) is 1. The predicted molar refractivity (Wildman–Crippen MR) is 34.4 cm³/mol. The van der Waals surface area contributed by atoms with Crippen molar-refractivity contribution in [3.63, 3.8) is 0 Å². The molecule has 1 rings (SSSR count). The van der Waals surface area contributed by atoms with Crippen LogP contribution in [0.3, 0.4) is 0 Å². The SMILES string of the molecule is CN1CC[CH]NCC1. The molecular weight excluding hydrogens is 100 g/mol. The van der Waals surface area contributed by atoms with Crippen LogP contribution in [0.2, 0.25) is 0 Å². The van der Waals surface area contributed by atoms with Gasteiger partial charge in [-0.3, -0.25) is 0 Å². The van der Waals surface area contributed by atoms with Crippen LogP contribution in [0.15, 0.2) is 0 Å². The number of hydrogen-bond donors (Lipinski definition) is 1. The van der Waals surface area contributed by atoms with Crippen molar-refractivity contribution in [2.75, 3.05) is 26.7 Å². The molecule has 0 aromatic rings. The average molecular weight is 113 g/mol. The van der Waals surface area contributed by atoms with Crippen LogP contribution >= 0.6 is 0 Å². The molecule has 1 radical (unpaired) electrons. The highest BCUT2D eigenvalue weighted by molar-refractivity contribution is 4.69. The van der Waals surface area contributed by atoms with Crippen molar-refractivity contribution in [2.45, 2.75) is 6.42 Å². The first kappa shape index (κ1) is 6.05. The molecule has 0 bridgehead atoms. The van der Waals surface area contributed by atoms with Crippen molar-refractivity contribution in [3.8, 4) is 0 Å². The van der Waals surface area contributed by atoms with Crippen LogP contribution in [-0.2, 0) is 0 Å². The van der Waals surface area contributed by atoms with Gasteiger partial charge >= 0.3 is 0 Å². The maximum atomic E-state index is 3.21. The smallest absolute Gasteiger partial charge is 0.0234 e. The molecule has 1 aliphatic heterocycles. The molecule has 0 saturated carbocycles. The van der Waals surface area contributed by atoms with Gasteiger partial charge in [0.15, 0.2) is 0 Å². The van der Waals surface area contributed by atoms with E-state index in [0.29, 0.717) is 0 Å². The molecule has 0 aliphatic carbocycles. The average Bonchev–Trinajstić information content (AvgIpc) is 1.94. The van der Waals surface area contributed by atoms with Crippen molar-refractivity contribution in [2.24, 2.45) is 0 Å². The molecule has 2 heteroatoms. The Kier molecular flexibility index (Phi) is 2.30. The third-order valence-corrected chi connectivity index (χ3v) is 1.44. The summed E-state index contributed by atoms with van der Waals surface area (Å²) in [5, 5.41) is 3.21. The fourth-order valence-electron chi connectivity index (χ4n) is 0.856. The molecule has 1 saturated heterocycles. The van der Waals surface area contributed by atoms with Gasteiger partial charge in [-0.1, -0.05) is 0 Å². The molecule has 0 amide bonds. The van der Waals surface area contributed by atoms with Crippen LogP contribution in [0.1, 0.15) is 6.42 Å². The summed E-state index contributed by atoms with van der Waals surface area (Å²) < 4.78 is 0. The summed E-state index contributed by atoms with van der Waals surface area (Å²) in [6.07, 6.45) is 1.18. The van der Waals surface area contributed by atoms with E-state index in [1.165, 1.54) is 19.5 Å². The molecule has 0 spiro atoms. The molecule has 1 heterocycles. The number of hydrogen-bond acceptors (Lipinski definition) is 2. The number of likely N-dealkylation sites (N-methyl/N-ethyl adjacent to an activating group) is 1. The molecule has 1 aliphatic rings. The van der Waals surface area contributed by atoms with E-state index in [2.05, 4.69) is 23.8 Å². The van der Waals surface area contributed by atoms with Gasteiger partial charge in [0.1, 0.15) is 0 Å². The number of rotatable bonds is 0. The molecule has 0 aromatic heterocycles. The molecule has 1 fully saturated rings. The second-order valence-corrected chi connectivity index (χ2v) is 2.25. The molecular formula is C6H13N2. The van der Waals surface area contributed by atoms with E-state index in [1.54, 1.807) is 0 Å². The van der Waals surface area contributed by atoms with E-state index in [0.717, 1.165) is 6.54 Å². The standard InChI is InChI=1S/C6H13N2/c1-8-5-2-3-7-4-6-8/h3,7H,2,4-6H2,1H3. The molecule has 0 atom stereocenters. The summed E-state index contributed by atoms with van der Waals surface area (Å²) in [5.74, 6) is 0. The first-order valence-corrected chi connectivity index (χ1v) is 3.13. The van der Waals surface area contributed by atoms with Crippen LogP contribution in [0.5, 0.6) is 0 Å². The summed E-state index contributed by atoms with van der Waals surface area (Å²) >= 11 is 0. The summed E-state index contributed by atoms with van der Waals surface area (Å²) in [6, 6.07) is 0. The normalized spacial score (nSPS) is 25.1. The van der Waals surface area contributed by atoms with E-state index in [-0.39, 0.29) is 0 Å². The minimum Gasteiger partial charge on any atom is -0.311 e. The zero-order valence-electron chi connectivity index (χ0n) is 5.35. The molecule has 0 aromatic carbocycles. The Labute approximate surface area is 50.9 Å². The first-order valence-electron chi connectivity index (χ1n) is 3.13. The summed E-state index contributed by atoms with van der Waals surface area (Å²) in [7, 11) is 2.15. The van der Waals surface area contributed by atoms with E-state index in [9.17, 15) is 0 Å². The van der Waals surface area contributed by atoms with Crippen LogP contribution in [0.4, 0.5) is 0 Å². The summed E-state index contributed by atoms with van der Waals surface area (Å²) in [4.78, 5) is 2.33. The lowest BCUT2D eigenvalue weighted by molar-refractivity contribution is 0.359. The second kappa shape index (κ2) is 3.05. The lowest BCUT2D eigenvalue weighted by Gasteiger charge is -2.09. The maximum absolute atomic E-state index is 3.21. The van der Waals surface area contributed by atoms with Crippen LogP contribution < -0.4 is 5.32 Å². The van der Waals surface area contributed by atoms with Gasteiger partial charge in [-0.2, -0.15) is 0 Å². The zero-order valence-corrected chi connectivity index (χ0v) is 5.35. The Bertz CT molecular complexity index is 55.5. The van der Waals surface area contributed by atoms with Gasteiger partial charge in [0, 0.05) is 19.6 Å². The van der Waals surface area contributed by atoms with Crippen LogP contribution in [0, 0.1) is 6.54 Å². The summed E-state index contributed by atoms with van der Waals surface area (Å²) in [5.41, 5.74) is 0. The Hall–Kier alpha value is -0.0800.